The van der Waals surface area contributed by atoms with Gasteiger partial charge in [0.2, 0.25) is 0 Å². The van der Waals surface area contributed by atoms with Crippen LogP contribution in [0.3, 0.4) is 0 Å². The van der Waals surface area contributed by atoms with Crippen LogP contribution in [0.2, 0.25) is 10.0 Å². The topological polar surface area (TPSA) is 101 Å². The molecule has 4 atom stereocenters. The molecule has 35 heavy (non-hydrogen) atoms. The van der Waals surface area contributed by atoms with Gasteiger partial charge in [-0.25, -0.2) is 8.42 Å². The summed E-state index contributed by atoms with van der Waals surface area (Å²) in [5, 5.41) is 10.4. The van der Waals surface area contributed by atoms with Gasteiger partial charge in [-0.05, 0) is 63.1 Å². The summed E-state index contributed by atoms with van der Waals surface area (Å²) in [6.45, 7) is 6.47. The Morgan fingerprint density at radius 1 is 1.09 bits per heavy atom. The lowest BCUT2D eigenvalue weighted by Crippen LogP contribution is -2.56. The first kappa shape index (κ1) is 27.5. The predicted molar refractivity (Wildman–Crippen MR) is 135 cm³/mol. The first-order valence-corrected chi connectivity index (χ1v) is 13.5. The van der Waals surface area contributed by atoms with Gasteiger partial charge in [0.15, 0.2) is 9.84 Å². The summed E-state index contributed by atoms with van der Waals surface area (Å²) in [6.07, 6.45) is -2.64. The molecule has 1 unspecified atom stereocenters. The van der Waals surface area contributed by atoms with Gasteiger partial charge in [-0.1, -0.05) is 47.5 Å². The molecule has 3 rings (SSSR count). The maximum Gasteiger partial charge on any atom is 0.306 e. The monoisotopic (exact) mass is 541 g/mol. The van der Waals surface area contributed by atoms with Crippen molar-refractivity contribution in [1.82, 2.24) is 4.90 Å². The van der Waals surface area contributed by atoms with Crippen molar-refractivity contribution < 1.29 is 27.9 Å². The Morgan fingerprint density at radius 3 is 2.26 bits per heavy atom. The molecule has 2 aromatic carbocycles. The normalized spacial score (nSPS) is 22.2. The molecule has 0 radical (unpaired) electrons. The van der Waals surface area contributed by atoms with Gasteiger partial charge in [0, 0.05) is 16.1 Å². The quantitative estimate of drug-likeness (QED) is 0.524. The summed E-state index contributed by atoms with van der Waals surface area (Å²) in [4.78, 5) is 26.6. The maximum atomic E-state index is 13.6. The highest BCUT2D eigenvalue weighted by Crippen LogP contribution is 2.44. The fraction of sp³-hybridized carbons (Fsp3) is 0.440. The summed E-state index contributed by atoms with van der Waals surface area (Å²) >= 11 is 12.3. The number of benzene rings is 2. The van der Waals surface area contributed by atoms with Gasteiger partial charge in [-0.15, -0.1) is 0 Å². The third-order valence-corrected chi connectivity index (χ3v) is 9.32. The van der Waals surface area contributed by atoms with E-state index in [0.29, 0.717) is 21.2 Å². The van der Waals surface area contributed by atoms with E-state index < -0.39 is 57.2 Å². The second-order valence-corrected chi connectivity index (χ2v) is 13.3. The van der Waals surface area contributed by atoms with E-state index in [4.69, 9.17) is 27.9 Å². The van der Waals surface area contributed by atoms with Crippen molar-refractivity contribution in [2.75, 3.05) is 5.75 Å². The molecular weight excluding hydrogens is 513 g/mol. The molecule has 1 aliphatic rings. The zero-order chi connectivity index (χ0) is 26.1. The van der Waals surface area contributed by atoms with E-state index in [2.05, 4.69) is 0 Å². The van der Waals surface area contributed by atoms with E-state index >= 15 is 0 Å². The van der Waals surface area contributed by atoms with Gasteiger partial charge in [0.05, 0.1) is 23.0 Å². The number of aliphatic carboxylic acids is 1. The van der Waals surface area contributed by atoms with Crippen LogP contribution in [0.5, 0.6) is 0 Å². The van der Waals surface area contributed by atoms with Crippen molar-refractivity contribution >= 4 is 44.9 Å². The molecule has 0 bridgehead atoms. The van der Waals surface area contributed by atoms with Gasteiger partial charge in [0.25, 0.3) is 5.91 Å². The molecule has 1 heterocycles. The third-order valence-electron chi connectivity index (χ3n) is 6.04. The molecule has 0 saturated carbocycles. The second kappa shape index (κ2) is 10.5. The van der Waals surface area contributed by atoms with E-state index in [9.17, 15) is 23.1 Å². The SMILES string of the molecule is CC(CS(=O)(=O)C(C)(C)C)N1C(=O)[C@@H](CC(=O)O)O[C@H](c2cccc(Cl)c2)[C@H]1c1ccc(Cl)cc1. The van der Waals surface area contributed by atoms with Gasteiger partial charge >= 0.3 is 5.97 Å². The van der Waals surface area contributed by atoms with Crippen LogP contribution in [0.4, 0.5) is 0 Å². The van der Waals surface area contributed by atoms with E-state index in [0.717, 1.165) is 0 Å². The zero-order valence-electron chi connectivity index (χ0n) is 19.9. The third kappa shape index (κ3) is 6.17. The van der Waals surface area contributed by atoms with Crippen LogP contribution in [0, 0.1) is 0 Å². The van der Waals surface area contributed by atoms with Crippen molar-refractivity contribution in [2.24, 2.45) is 0 Å². The number of halogens is 2. The Kier molecular flexibility index (Phi) is 8.21. The predicted octanol–water partition coefficient (Wildman–Crippen LogP) is 5.08. The molecule has 1 fully saturated rings. The van der Waals surface area contributed by atoms with E-state index in [1.54, 1.807) is 76.2 Å². The Morgan fingerprint density at radius 2 is 1.71 bits per heavy atom. The van der Waals surface area contributed by atoms with Crippen molar-refractivity contribution in [3.8, 4) is 0 Å². The molecule has 1 amide bonds. The summed E-state index contributed by atoms with van der Waals surface area (Å²) in [5.41, 5.74) is 1.30. The average molecular weight is 542 g/mol. The Bertz CT molecular complexity index is 1190. The first-order valence-electron chi connectivity index (χ1n) is 11.1. The highest BCUT2D eigenvalue weighted by molar-refractivity contribution is 7.92. The number of hydrogen-bond acceptors (Lipinski definition) is 5. The number of carboxylic acid groups (broad SMARTS) is 1. The molecule has 1 saturated heterocycles. The van der Waals surface area contributed by atoms with Crippen LogP contribution in [-0.2, 0) is 24.2 Å². The highest BCUT2D eigenvalue weighted by Gasteiger charge is 2.47. The Labute approximate surface area is 215 Å². The van der Waals surface area contributed by atoms with E-state index in [-0.39, 0.29) is 5.75 Å². The lowest BCUT2D eigenvalue weighted by molar-refractivity contribution is -0.182. The molecule has 7 nitrogen and oxygen atoms in total. The standard InChI is InChI=1S/C25H29Cl2NO6S/c1-15(14-35(32,33)25(2,3)4)28-22(16-8-10-18(26)11-9-16)23(17-6-5-7-19(27)12-17)34-20(24(28)31)13-21(29)30/h5-12,15,20,22-23H,13-14H2,1-4H3,(H,29,30)/t15?,20-,22-,23-/m1/s1. The van der Waals surface area contributed by atoms with Gasteiger partial charge in [-0.2, -0.15) is 0 Å². The maximum absolute atomic E-state index is 13.6. The molecule has 2 aromatic rings. The summed E-state index contributed by atoms with van der Waals surface area (Å²) in [5.74, 6) is -2.08. The number of carbonyl (C=O) groups excluding carboxylic acids is 1. The molecule has 190 valence electrons. The number of morpholine rings is 1. The van der Waals surface area contributed by atoms with Crippen molar-refractivity contribution in [1.29, 1.82) is 0 Å². The first-order chi connectivity index (χ1) is 16.2. The molecule has 10 heteroatoms. The Hall–Kier alpha value is -2.13. The fourth-order valence-corrected chi connectivity index (χ4v) is 5.75. The minimum Gasteiger partial charge on any atom is -0.481 e. The van der Waals surface area contributed by atoms with Gasteiger partial charge < -0.3 is 14.7 Å². The number of carboxylic acids is 1. The van der Waals surface area contributed by atoms with Crippen LogP contribution in [0.1, 0.15) is 57.4 Å². The molecule has 0 aliphatic carbocycles. The van der Waals surface area contributed by atoms with Crippen LogP contribution >= 0.6 is 23.2 Å². The minimum absolute atomic E-state index is 0.297. The lowest BCUT2D eigenvalue weighted by atomic mass is 9.90. The number of hydrogen-bond donors (Lipinski definition) is 1. The van der Waals surface area contributed by atoms with Crippen LogP contribution < -0.4 is 0 Å². The average Bonchev–Trinajstić information content (AvgIpc) is 2.74. The van der Waals surface area contributed by atoms with E-state index in [1.807, 2.05) is 0 Å². The molecule has 1 aliphatic heterocycles. The summed E-state index contributed by atoms with van der Waals surface area (Å²) in [7, 11) is -3.60. The van der Waals surface area contributed by atoms with Crippen molar-refractivity contribution in [3.63, 3.8) is 0 Å². The fourth-order valence-electron chi connectivity index (χ4n) is 4.13. The Balaban J connectivity index is 2.17. The lowest BCUT2D eigenvalue weighted by Gasteiger charge is -2.47. The largest absolute Gasteiger partial charge is 0.481 e. The molecule has 0 spiro atoms. The van der Waals surface area contributed by atoms with E-state index in [1.165, 1.54) is 4.90 Å². The van der Waals surface area contributed by atoms with Crippen molar-refractivity contribution in [2.45, 2.75) is 63.2 Å². The molecule has 1 N–H and O–H groups in total. The number of amides is 1. The molecular formula is C25H29Cl2NO6S. The van der Waals surface area contributed by atoms with Crippen molar-refractivity contribution in [3.05, 3.63) is 69.7 Å². The number of rotatable bonds is 7. The zero-order valence-corrected chi connectivity index (χ0v) is 22.3. The minimum atomic E-state index is -3.60. The van der Waals surface area contributed by atoms with Crippen LogP contribution in [0.25, 0.3) is 0 Å². The van der Waals surface area contributed by atoms with Gasteiger partial charge in [0.1, 0.15) is 12.2 Å². The number of sulfone groups is 1. The van der Waals surface area contributed by atoms with Crippen LogP contribution in [-0.4, -0.2) is 52.9 Å². The smallest absolute Gasteiger partial charge is 0.306 e. The van der Waals surface area contributed by atoms with Crippen LogP contribution in [0.15, 0.2) is 48.5 Å². The highest BCUT2D eigenvalue weighted by atomic mass is 35.5. The summed E-state index contributed by atoms with van der Waals surface area (Å²) < 4.78 is 31.2. The number of carbonyl (C=O) groups is 2. The number of nitrogens with zero attached hydrogens (tertiary/aromatic N) is 1. The van der Waals surface area contributed by atoms with Gasteiger partial charge in [-0.3, -0.25) is 9.59 Å². The number of ether oxygens (including phenoxy) is 1. The summed E-state index contributed by atoms with van der Waals surface area (Å²) in [6, 6.07) is 12.2. The molecule has 0 aromatic heterocycles. The second-order valence-electron chi connectivity index (χ2n) is 9.68.